The van der Waals surface area contributed by atoms with Crippen LogP contribution >= 0.6 is 0 Å². The molecule has 1 saturated heterocycles. The fourth-order valence-electron chi connectivity index (χ4n) is 2.14. The number of anilines is 1. The predicted molar refractivity (Wildman–Crippen MR) is 76.9 cm³/mol. The second-order valence-electron chi connectivity index (χ2n) is 4.44. The molecule has 2 amide bonds. The average molecular weight is 274 g/mol. The van der Waals surface area contributed by atoms with Crippen molar-refractivity contribution in [1.82, 2.24) is 4.90 Å². The van der Waals surface area contributed by atoms with E-state index in [2.05, 4.69) is 6.58 Å². The molecule has 0 atom stereocenters. The van der Waals surface area contributed by atoms with Crippen molar-refractivity contribution in [1.29, 1.82) is 0 Å². The number of benzene rings is 1. The van der Waals surface area contributed by atoms with E-state index in [0.29, 0.717) is 31.8 Å². The summed E-state index contributed by atoms with van der Waals surface area (Å²) < 4.78 is 4.92. The van der Waals surface area contributed by atoms with Crippen LogP contribution in [0.15, 0.2) is 36.9 Å². The molecule has 1 fully saturated rings. The molecule has 2 rings (SSSR count). The summed E-state index contributed by atoms with van der Waals surface area (Å²) in [5.74, 6) is -0.347. The number of urea groups is 1. The smallest absolute Gasteiger partial charge is 0.338 e. The van der Waals surface area contributed by atoms with Crippen LogP contribution in [-0.2, 0) is 4.74 Å². The Kier molecular flexibility index (Phi) is 4.40. The minimum absolute atomic E-state index is 0.0335. The average Bonchev–Trinajstić information content (AvgIpc) is 2.81. The monoisotopic (exact) mass is 274 g/mol. The molecule has 5 nitrogen and oxygen atoms in total. The van der Waals surface area contributed by atoms with Gasteiger partial charge in [0.05, 0.1) is 12.2 Å². The topological polar surface area (TPSA) is 49.9 Å². The molecule has 0 N–H and O–H groups in total. The van der Waals surface area contributed by atoms with E-state index in [1.54, 1.807) is 47.1 Å². The predicted octanol–water partition coefficient (Wildman–Crippen LogP) is 2.29. The Bertz CT molecular complexity index is 510. The first-order valence-corrected chi connectivity index (χ1v) is 6.62. The van der Waals surface area contributed by atoms with Crippen LogP contribution in [-0.4, -0.2) is 43.1 Å². The third kappa shape index (κ3) is 2.82. The van der Waals surface area contributed by atoms with Crippen molar-refractivity contribution in [2.45, 2.75) is 6.92 Å². The first-order chi connectivity index (χ1) is 9.67. The molecule has 5 heteroatoms. The molecule has 0 bridgehead atoms. The van der Waals surface area contributed by atoms with E-state index in [4.69, 9.17) is 4.74 Å². The molecule has 106 valence electrons. The van der Waals surface area contributed by atoms with Crippen LogP contribution in [0.4, 0.5) is 10.5 Å². The van der Waals surface area contributed by atoms with E-state index in [1.165, 1.54) is 0 Å². The van der Waals surface area contributed by atoms with Crippen LogP contribution in [0, 0.1) is 0 Å². The summed E-state index contributed by atoms with van der Waals surface area (Å²) in [5, 5.41) is 0. The van der Waals surface area contributed by atoms with Crippen LogP contribution in [0.1, 0.15) is 17.3 Å². The quantitative estimate of drug-likeness (QED) is 0.611. The normalized spacial score (nSPS) is 14.6. The largest absolute Gasteiger partial charge is 0.462 e. The highest BCUT2D eigenvalue weighted by Gasteiger charge is 2.28. The van der Waals surface area contributed by atoms with Gasteiger partial charge in [-0.2, -0.15) is 0 Å². The van der Waals surface area contributed by atoms with E-state index in [0.717, 1.165) is 5.69 Å². The summed E-state index contributed by atoms with van der Waals surface area (Å²) >= 11 is 0. The molecule has 20 heavy (non-hydrogen) atoms. The first-order valence-electron chi connectivity index (χ1n) is 6.62. The number of amides is 2. The first kappa shape index (κ1) is 14.1. The number of esters is 1. The van der Waals surface area contributed by atoms with Crippen molar-refractivity contribution < 1.29 is 14.3 Å². The molecule has 0 saturated carbocycles. The highest BCUT2D eigenvalue weighted by molar-refractivity contribution is 5.95. The Hall–Kier alpha value is -2.30. The van der Waals surface area contributed by atoms with Crippen LogP contribution in [0.25, 0.3) is 0 Å². The summed E-state index contributed by atoms with van der Waals surface area (Å²) in [5.41, 5.74) is 1.28. The molecule has 1 aliphatic heterocycles. The third-order valence-electron chi connectivity index (χ3n) is 3.13. The highest BCUT2D eigenvalue weighted by Crippen LogP contribution is 2.21. The molecule has 1 aromatic rings. The van der Waals surface area contributed by atoms with Crippen LogP contribution in [0.5, 0.6) is 0 Å². The Balaban J connectivity index is 2.09. The number of hydrogen-bond donors (Lipinski definition) is 0. The van der Waals surface area contributed by atoms with Crippen LogP contribution in [0.2, 0.25) is 0 Å². The van der Waals surface area contributed by atoms with Gasteiger partial charge in [0.2, 0.25) is 0 Å². The third-order valence-corrected chi connectivity index (χ3v) is 3.13. The van der Waals surface area contributed by atoms with Gasteiger partial charge in [-0.15, -0.1) is 6.58 Å². The Morgan fingerprint density at radius 2 is 2.05 bits per heavy atom. The lowest BCUT2D eigenvalue weighted by Crippen LogP contribution is -2.31. The van der Waals surface area contributed by atoms with Gasteiger partial charge in [0.1, 0.15) is 0 Å². The summed E-state index contributed by atoms with van der Waals surface area (Å²) in [6.45, 7) is 7.64. The molecule has 0 spiro atoms. The molecule has 0 aliphatic carbocycles. The second-order valence-corrected chi connectivity index (χ2v) is 4.44. The van der Waals surface area contributed by atoms with E-state index < -0.39 is 0 Å². The number of carbonyl (C=O) groups is 2. The lowest BCUT2D eigenvalue weighted by Gasteiger charge is -2.17. The zero-order valence-corrected chi connectivity index (χ0v) is 11.5. The maximum absolute atomic E-state index is 12.1. The highest BCUT2D eigenvalue weighted by atomic mass is 16.5. The molecular weight excluding hydrogens is 256 g/mol. The number of nitrogens with zero attached hydrogens (tertiary/aromatic N) is 2. The summed E-state index contributed by atoms with van der Waals surface area (Å²) in [6, 6.07) is 6.85. The van der Waals surface area contributed by atoms with Gasteiger partial charge in [0, 0.05) is 25.3 Å². The van der Waals surface area contributed by atoms with Gasteiger partial charge in [0.15, 0.2) is 0 Å². The van der Waals surface area contributed by atoms with Crippen LogP contribution < -0.4 is 4.90 Å². The SMILES string of the molecule is C=CCN1CCN(c2ccc(C(=O)OCC)cc2)C1=O. The van der Waals surface area contributed by atoms with Gasteiger partial charge in [-0.05, 0) is 31.2 Å². The molecule has 1 aliphatic rings. The van der Waals surface area contributed by atoms with E-state index in [-0.39, 0.29) is 12.0 Å². The summed E-state index contributed by atoms with van der Waals surface area (Å²) in [7, 11) is 0. The van der Waals surface area contributed by atoms with E-state index in [9.17, 15) is 9.59 Å². The van der Waals surface area contributed by atoms with Crippen molar-refractivity contribution in [2.75, 3.05) is 31.1 Å². The molecule has 0 aromatic heterocycles. The number of rotatable bonds is 5. The van der Waals surface area contributed by atoms with E-state index in [1.807, 2.05) is 0 Å². The molecule has 1 aromatic carbocycles. The zero-order chi connectivity index (χ0) is 14.5. The van der Waals surface area contributed by atoms with Gasteiger partial charge in [-0.1, -0.05) is 6.08 Å². The van der Waals surface area contributed by atoms with Crippen molar-refractivity contribution in [3.8, 4) is 0 Å². The lowest BCUT2D eigenvalue weighted by atomic mass is 10.2. The number of hydrogen-bond acceptors (Lipinski definition) is 3. The lowest BCUT2D eigenvalue weighted by molar-refractivity contribution is 0.0526. The zero-order valence-electron chi connectivity index (χ0n) is 11.5. The van der Waals surface area contributed by atoms with Crippen molar-refractivity contribution >= 4 is 17.7 Å². The standard InChI is InChI=1S/C15H18N2O3/c1-3-9-16-10-11-17(15(16)19)13-7-5-12(6-8-13)14(18)20-4-2/h3,5-8H,1,4,9-11H2,2H3. The maximum Gasteiger partial charge on any atom is 0.338 e. The molecule has 1 heterocycles. The molecule has 0 unspecified atom stereocenters. The minimum atomic E-state index is -0.347. The molecule has 0 radical (unpaired) electrons. The summed E-state index contributed by atoms with van der Waals surface area (Å²) in [4.78, 5) is 27.1. The van der Waals surface area contributed by atoms with Gasteiger partial charge in [-0.3, -0.25) is 4.90 Å². The number of carbonyl (C=O) groups excluding carboxylic acids is 2. The Morgan fingerprint density at radius 1 is 1.35 bits per heavy atom. The van der Waals surface area contributed by atoms with Crippen molar-refractivity contribution in [3.05, 3.63) is 42.5 Å². The van der Waals surface area contributed by atoms with Gasteiger partial charge >= 0.3 is 12.0 Å². The Labute approximate surface area is 118 Å². The maximum atomic E-state index is 12.1. The van der Waals surface area contributed by atoms with Crippen molar-refractivity contribution in [2.24, 2.45) is 0 Å². The second kappa shape index (κ2) is 6.23. The van der Waals surface area contributed by atoms with Crippen molar-refractivity contribution in [3.63, 3.8) is 0 Å². The van der Waals surface area contributed by atoms with Gasteiger partial charge < -0.3 is 9.64 Å². The van der Waals surface area contributed by atoms with Crippen LogP contribution in [0.3, 0.4) is 0 Å². The van der Waals surface area contributed by atoms with Gasteiger partial charge in [0.25, 0.3) is 0 Å². The number of ether oxygens (including phenoxy) is 1. The molecular formula is C15H18N2O3. The fourth-order valence-corrected chi connectivity index (χ4v) is 2.14. The fraction of sp³-hybridized carbons (Fsp3) is 0.333. The minimum Gasteiger partial charge on any atom is -0.462 e. The summed E-state index contributed by atoms with van der Waals surface area (Å²) in [6.07, 6.45) is 1.71. The van der Waals surface area contributed by atoms with E-state index >= 15 is 0 Å². The van der Waals surface area contributed by atoms with Gasteiger partial charge in [-0.25, -0.2) is 9.59 Å². The Morgan fingerprint density at radius 3 is 2.65 bits per heavy atom.